The summed E-state index contributed by atoms with van der Waals surface area (Å²) in [4.78, 5) is 2.43. The van der Waals surface area contributed by atoms with Gasteiger partial charge in [0.2, 0.25) is 0 Å². The smallest absolute Gasteiger partial charge is 0.0755 e. The van der Waals surface area contributed by atoms with E-state index in [-0.39, 0.29) is 0 Å². The fraction of sp³-hybridized carbons (Fsp3) is 0.667. The van der Waals surface area contributed by atoms with Gasteiger partial charge in [-0.1, -0.05) is 19.1 Å². The van der Waals surface area contributed by atoms with Crippen molar-refractivity contribution in [2.45, 2.75) is 52.2 Å². The number of nitrogens with one attached hydrogen (secondary N) is 1. The average molecular weight is 290 g/mol. The van der Waals surface area contributed by atoms with E-state index in [1.807, 2.05) is 0 Å². The lowest BCUT2D eigenvalue weighted by molar-refractivity contribution is 0.0496. The topological polar surface area (TPSA) is 24.5 Å². The molecule has 3 nitrogen and oxygen atoms in total. The highest BCUT2D eigenvalue weighted by Crippen LogP contribution is 2.23. The van der Waals surface area contributed by atoms with Crippen LogP contribution in [0.4, 0.5) is 5.69 Å². The van der Waals surface area contributed by atoms with Crippen molar-refractivity contribution in [1.29, 1.82) is 0 Å². The van der Waals surface area contributed by atoms with Gasteiger partial charge < -0.3 is 15.0 Å². The van der Waals surface area contributed by atoms with Crippen LogP contribution < -0.4 is 10.2 Å². The number of anilines is 1. The fourth-order valence-corrected chi connectivity index (χ4v) is 2.99. The van der Waals surface area contributed by atoms with Crippen molar-refractivity contribution in [1.82, 2.24) is 5.32 Å². The summed E-state index contributed by atoms with van der Waals surface area (Å²) in [6.45, 7) is 10.7. The number of hydrogen-bond donors (Lipinski definition) is 1. The summed E-state index contributed by atoms with van der Waals surface area (Å²) in [5, 5.41) is 3.47. The standard InChI is InChI=1S/C18H30N2O/c1-4-11-19-13-17-9-10-18(21-17)14-20(5-2)16-8-6-7-15(3)12-16/h6-8,12,17-19H,4-5,9-11,13-14H2,1-3H3. The van der Waals surface area contributed by atoms with E-state index in [0.717, 1.165) is 26.2 Å². The van der Waals surface area contributed by atoms with Crippen molar-refractivity contribution in [3.8, 4) is 0 Å². The third-order valence-corrected chi connectivity index (χ3v) is 4.17. The predicted octanol–water partition coefficient (Wildman–Crippen LogP) is 3.37. The van der Waals surface area contributed by atoms with Gasteiger partial charge in [0.25, 0.3) is 0 Å². The molecule has 0 saturated carbocycles. The molecule has 21 heavy (non-hydrogen) atoms. The van der Waals surface area contributed by atoms with Gasteiger partial charge >= 0.3 is 0 Å². The third kappa shape index (κ3) is 5.01. The highest BCUT2D eigenvalue weighted by molar-refractivity contribution is 5.48. The normalized spacial score (nSPS) is 21.7. The largest absolute Gasteiger partial charge is 0.372 e. The first kappa shape index (κ1) is 16.3. The summed E-state index contributed by atoms with van der Waals surface area (Å²) >= 11 is 0. The second kappa shape index (κ2) is 8.40. The number of nitrogens with zero attached hydrogens (tertiary/aromatic N) is 1. The molecule has 1 N–H and O–H groups in total. The Labute approximate surface area is 129 Å². The van der Waals surface area contributed by atoms with Gasteiger partial charge in [-0.15, -0.1) is 0 Å². The Morgan fingerprint density at radius 1 is 1.24 bits per heavy atom. The first-order valence-electron chi connectivity index (χ1n) is 8.40. The van der Waals surface area contributed by atoms with Gasteiger partial charge in [0, 0.05) is 25.3 Å². The lowest BCUT2D eigenvalue weighted by Crippen LogP contribution is -2.34. The van der Waals surface area contributed by atoms with E-state index in [9.17, 15) is 0 Å². The van der Waals surface area contributed by atoms with Gasteiger partial charge in [0.1, 0.15) is 0 Å². The summed E-state index contributed by atoms with van der Waals surface area (Å²) in [6.07, 6.45) is 4.33. The minimum absolute atomic E-state index is 0.374. The molecule has 1 aliphatic rings. The van der Waals surface area contributed by atoms with Crippen molar-refractivity contribution >= 4 is 5.69 Å². The zero-order chi connectivity index (χ0) is 15.1. The van der Waals surface area contributed by atoms with Crippen LogP contribution in [0.5, 0.6) is 0 Å². The number of hydrogen-bond acceptors (Lipinski definition) is 3. The number of benzene rings is 1. The molecular formula is C18H30N2O. The van der Waals surface area contributed by atoms with Crippen LogP contribution in [0, 0.1) is 6.92 Å². The molecule has 118 valence electrons. The Morgan fingerprint density at radius 3 is 2.76 bits per heavy atom. The second-order valence-corrected chi connectivity index (χ2v) is 6.04. The van der Waals surface area contributed by atoms with Gasteiger partial charge in [-0.2, -0.15) is 0 Å². The van der Waals surface area contributed by atoms with E-state index in [1.165, 1.54) is 30.5 Å². The highest BCUT2D eigenvalue weighted by Gasteiger charge is 2.26. The number of likely N-dealkylation sites (N-methyl/N-ethyl adjacent to an activating group) is 1. The molecule has 1 saturated heterocycles. The first-order chi connectivity index (χ1) is 10.2. The Kier molecular flexibility index (Phi) is 6.52. The quantitative estimate of drug-likeness (QED) is 0.743. The van der Waals surface area contributed by atoms with E-state index in [4.69, 9.17) is 4.74 Å². The van der Waals surface area contributed by atoms with Crippen LogP contribution in [-0.2, 0) is 4.74 Å². The van der Waals surface area contributed by atoms with Gasteiger partial charge in [0.05, 0.1) is 12.2 Å². The summed E-state index contributed by atoms with van der Waals surface area (Å²) in [5.74, 6) is 0. The molecule has 0 bridgehead atoms. The van der Waals surface area contributed by atoms with Crippen LogP contribution in [0.1, 0.15) is 38.7 Å². The van der Waals surface area contributed by atoms with Crippen molar-refractivity contribution in [3.63, 3.8) is 0 Å². The Bertz CT molecular complexity index is 421. The van der Waals surface area contributed by atoms with Crippen LogP contribution in [-0.4, -0.2) is 38.4 Å². The molecule has 1 fully saturated rings. The molecule has 1 heterocycles. The molecule has 1 aliphatic heterocycles. The van der Waals surface area contributed by atoms with Gasteiger partial charge in [-0.3, -0.25) is 0 Å². The summed E-state index contributed by atoms with van der Waals surface area (Å²) < 4.78 is 6.19. The summed E-state index contributed by atoms with van der Waals surface area (Å²) in [5.41, 5.74) is 2.63. The third-order valence-electron chi connectivity index (χ3n) is 4.17. The lowest BCUT2D eigenvalue weighted by Gasteiger charge is -2.27. The van der Waals surface area contributed by atoms with Crippen LogP contribution in [0.25, 0.3) is 0 Å². The van der Waals surface area contributed by atoms with Crippen LogP contribution >= 0.6 is 0 Å². The van der Waals surface area contributed by atoms with E-state index in [0.29, 0.717) is 12.2 Å². The van der Waals surface area contributed by atoms with Crippen LogP contribution in [0.3, 0.4) is 0 Å². The molecule has 2 atom stereocenters. The molecular weight excluding hydrogens is 260 g/mol. The van der Waals surface area contributed by atoms with E-state index >= 15 is 0 Å². The summed E-state index contributed by atoms with van der Waals surface area (Å²) in [7, 11) is 0. The lowest BCUT2D eigenvalue weighted by atomic mass is 10.1. The maximum absolute atomic E-state index is 6.19. The molecule has 3 heteroatoms. The van der Waals surface area contributed by atoms with E-state index < -0.39 is 0 Å². The first-order valence-corrected chi connectivity index (χ1v) is 8.40. The molecule has 0 amide bonds. The monoisotopic (exact) mass is 290 g/mol. The molecule has 0 spiro atoms. The van der Waals surface area contributed by atoms with E-state index in [1.54, 1.807) is 0 Å². The minimum atomic E-state index is 0.374. The zero-order valence-corrected chi connectivity index (χ0v) is 13.8. The van der Waals surface area contributed by atoms with Crippen molar-refractivity contribution in [2.75, 3.05) is 31.1 Å². The average Bonchev–Trinajstić information content (AvgIpc) is 2.92. The fourth-order valence-electron chi connectivity index (χ4n) is 2.99. The van der Waals surface area contributed by atoms with Crippen molar-refractivity contribution < 1.29 is 4.74 Å². The Balaban J connectivity index is 1.83. The summed E-state index contributed by atoms with van der Waals surface area (Å²) in [6, 6.07) is 8.75. The highest BCUT2D eigenvalue weighted by atomic mass is 16.5. The number of aryl methyl sites for hydroxylation is 1. The van der Waals surface area contributed by atoms with E-state index in [2.05, 4.69) is 55.3 Å². The van der Waals surface area contributed by atoms with Crippen molar-refractivity contribution in [3.05, 3.63) is 29.8 Å². The number of rotatable bonds is 8. The number of ether oxygens (including phenoxy) is 1. The molecule has 0 aromatic heterocycles. The maximum atomic E-state index is 6.19. The van der Waals surface area contributed by atoms with Crippen molar-refractivity contribution in [2.24, 2.45) is 0 Å². The van der Waals surface area contributed by atoms with Gasteiger partial charge in [0.15, 0.2) is 0 Å². The van der Waals surface area contributed by atoms with Gasteiger partial charge in [-0.25, -0.2) is 0 Å². The SMILES string of the molecule is CCCNCC1CCC(CN(CC)c2cccc(C)c2)O1. The second-order valence-electron chi connectivity index (χ2n) is 6.04. The zero-order valence-electron chi connectivity index (χ0n) is 13.8. The maximum Gasteiger partial charge on any atom is 0.0755 e. The van der Waals surface area contributed by atoms with Crippen LogP contribution in [0.15, 0.2) is 24.3 Å². The molecule has 1 aromatic rings. The Morgan fingerprint density at radius 2 is 2.05 bits per heavy atom. The Hall–Kier alpha value is -1.06. The molecule has 1 aromatic carbocycles. The molecule has 2 rings (SSSR count). The molecule has 0 radical (unpaired) electrons. The minimum Gasteiger partial charge on any atom is -0.372 e. The predicted molar refractivity (Wildman–Crippen MR) is 90.1 cm³/mol. The molecule has 0 aliphatic carbocycles. The molecule has 2 unspecified atom stereocenters. The van der Waals surface area contributed by atoms with Crippen LogP contribution in [0.2, 0.25) is 0 Å². The van der Waals surface area contributed by atoms with Gasteiger partial charge in [-0.05, 0) is 57.4 Å².